The predicted molar refractivity (Wildman–Crippen MR) is 81.9 cm³/mol. The van der Waals surface area contributed by atoms with Crippen LogP contribution < -0.4 is 5.32 Å². The Balaban J connectivity index is 2.12. The second kappa shape index (κ2) is 6.45. The molecule has 1 amide bonds. The number of sulfone groups is 1. The zero-order valence-electron chi connectivity index (χ0n) is 11.0. The second-order valence-corrected chi connectivity index (χ2v) is 8.21. The molecule has 1 fully saturated rings. The lowest BCUT2D eigenvalue weighted by atomic mass is 10.2. The maximum atomic E-state index is 12.0. The van der Waals surface area contributed by atoms with Gasteiger partial charge in [0.05, 0.1) is 17.1 Å². The fourth-order valence-corrected chi connectivity index (χ4v) is 5.68. The van der Waals surface area contributed by atoms with E-state index in [-0.39, 0.29) is 22.7 Å². The molecule has 20 heavy (non-hydrogen) atoms. The summed E-state index contributed by atoms with van der Waals surface area (Å²) >= 11 is 1.48. The SMILES string of the molecule is C=CCNC(=O)c1ccccc1S[C@@H]1CCS(=O)(=O)C1. The van der Waals surface area contributed by atoms with Gasteiger partial charge in [-0.25, -0.2) is 8.42 Å². The van der Waals surface area contributed by atoms with Gasteiger partial charge in [-0.1, -0.05) is 18.2 Å². The van der Waals surface area contributed by atoms with Crippen LogP contribution in [0.15, 0.2) is 41.8 Å². The van der Waals surface area contributed by atoms with Gasteiger partial charge in [0.15, 0.2) is 9.84 Å². The van der Waals surface area contributed by atoms with Crippen molar-refractivity contribution in [1.29, 1.82) is 0 Å². The molecule has 0 spiro atoms. The molecule has 0 aliphatic carbocycles. The Morgan fingerprint density at radius 3 is 2.85 bits per heavy atom. The third-order valence-electron chi connectivity index (χ3n) is 3.02. The van der Waals surface area contributed by atoms with Crippen molar-refractivity contribution in [3.8, 4) is 0 Å². The van der Waals surface area contributed by atoms with Crippen LogP contribution in [0, 0.1) is 0 Å². The quantitative estimate of drug-likeness (QED) is 0.843. The summed E-state index contributed by atoms with van der Waals surface area (Å²) in [5.74, 6) is 0.282. The van der Waals surface area contributed by atoms with Crippen LogP contribution in [0.1, 0.15) is 16.8 Å². The zero-order chi connectivity index (χ0) is 14.6. The van der Waals surface area contributed by atoms with E-state index >= 15 is 0 Å². The second-order valence-electron chi connectivity index (χ2n) is 4.64. The largest absolute Gasteiger partial charge is 0.349 e. The standard InChI is InChI=1S/C14H17NO3S2/c1-2-8-15-14(16)12-5-3-4-6-13(12)19-11-7-9-20(17,18)10-11/h2-6,11H,1,7-10H2,(H,15,16)/t11-/m1/s1. The van der Waals surface area contributed by atoms with Crippen molar-refractivity contribution in [1.82, 2.24) is 5.32 Å². The summed E-state index contributed by atoms with van der Waals surface area (Å²) in [7, 11) is -2.90. The maximum absolute atomic E-state index is 12.0. The summed E-state index contributed by atoms with van der Waals surface area (Å²) in [6, 6.07) is 7.27. The van der Waals surface area contributed by atoms with E-state index in [2.05, 4.69) is 11.9 Å². The van der Waals surface area contributed by atoms with E-state index in [0.29, 0.717) is 18.5 Å². The molecule has 1 aromatic rings. The highest BCUT2D eigenvalue weighted by Crippen LogP contribution is 2.32. The van der Waals surface area contributed by atoms with Crippen molar-refractivity contribution < 1.29 is 13.2 Å². The number of rotatable bonds is 5. The van der Waals surface area contributed by atoms with Gasteiger partial charge in [0.25, 0.3) is 5.91 Å². The first kappa shape index (κ1) is 15.1. The summed E-state index contributed by atoms with van der Waals surface area (Å²) < 4.78 is 23.0. The van der Waals surface area contributed by atoms with E-state index in [9.17, 15) is 13.2 Å². The number of carbonyl (C=O) groups excluding carboxylic acids is 1. The van der Waals surface area contributed by atoms with Crippen LogP contribution in [0.25, 0.3) is 0 Å². The molecule has 108 valence electrons. The number of hydrogen-bond acceptors (Lipinski definition) is 4. The molecule has 1 N–H and O–H groups in total. The molecule has 1 heterocycles. The number of amides is 1. The predicted octanol–water partition coefficient (Wildman–Crippen LogP) is 1.88. The number of hydrogen-bond donors (Lipinski definition) is 1. The summed E-state index contributed by atoms with van der Waals surface area (Å²) in [6.07, 6.45) is 2.27. The number of nitrogens with one attached hydrogen (secondary N) is 1. The van der Waals surface area contributed by atoms with Gasteiger partial charge in [0.2, 0.25) is 0 Å². The Bertz CT molecular complexity index is 611. The minimum atomic E-state index is -2.90. The van der Waals surface area contributed by atoms with Crippen LogP contribution in [-0.2, 0) is 9.84 Å². The first-order valence-electron chi connectivity index (χ1n) is 6.37. The van der Waals surface area contributed by atoms with Gasteiger partial charge in [-0.15, -0.1) is 18.3 Å². The Labute approximate surface area is 123 Å². The minimum absolute atomic E-state index is 0.0355. The number of carbonyl (C=O) groups is 1. The maximum Gasteiger partial charge on any atom is 0.252 e. The van der Waals surface area contributed by atoms with Gasteiger partial charge < -0.3 is 5.32 Å². The molecule has 1 aromatic carbocycles. The Hall–Kier alpha value is -1.27. The lowest BCUT2D eigenvalue weighted by Gasteiger charge is -2.12. The topological polar surface area (TPSA) is 63.2 Å². The van der Waals surface area contributed by atoms with Gasteiger partial charge in [0, 0.05) is 16.7 Å². The molecule has 0 bridgehead atoms. The summed E-state index contributed by atoms with van der Waals surface area (Å²) in [4.78, 5) is 12.9. The Morgan fingerprint density at radius 2 is 2.20 bits per heavy atom. The van der Waals surface area contributed by atoms with Crippen LogP contribution >= 0.6 is 11.8 Å². The molecule has 1 atom stereocenters. The molecule has 0 unspecified atom stereocenters. The molecule has 4 nitrogen and oxygen atoms in total. The average molecular weight is 311 g/mol. The molecule has 6 heteroatoms. The van der Waals surface area contributed by atoms with Crippen LogP contribution in [0.2, 0.25) is 0 Å². The molecule has 0 aromatic heterocycles. The molecule has 0 saturated carbocycles. The highest BCUT2D eigenvalue weighted by molar-refractivity contribution is 8.02. The fourth-order valence-electron chi connectivity index (χ4n) is 2.05. The van der Waals surface area contributed by atoms with Gasteiger partial charge in [-0.2, -0.15) is 0 Å². The van der Waals surface area contributed by atoms with Crippen LogP contribution in [0.5, 0.6) is 0 Å². The molecule has 1 aliphatic rings. The summed E-state index contributed by atoms with van der Waals surface area (Å²) in [5.41, 5.74) is 0.587. The van der Waals surface area contributed by atoms with Gasteiger partial charge in [-0.05, 0) is 18.6 Å². The van der Waals surface area contributed by atoms with Crippen molar-refractivity contribution in [3.63, 3.8) is 0 Å². The molecule has 1 saturated heterocycles. The number of thioether (sulfide) groups is 1. The van der Waals surface area contributed by atoms with Gasteiger partial charge in [0.1, 0.15) is 0 Å². The minimum Gasteiger partial charge on any atom is -0.349 e. The van der Waals surface area contributed by atoms with E-state index in [1.807, 2.05) is 12.1 Å². The molecule has 2 rings (SSSR count). The van der Waals surface area contributed by atoms with Crippen molar-refractivity contribution in [2.24, 2.45) is 0 Å². The van der Waals surface area contributed by atoms with Crippen molar-refractivity contribution >= 4 is 27.5 Å². The lowest BCUT2D eigenvalue weighted by Crippen LogP contribution is -2.24. The summed E-state index contributed by atoms with van der Waals surface area (Å²) in [5, 5.41) is 2.78. The van der Waals surface area contributed by atoms with Gasteiger partial charge in [-0.3, -0.25) is 4.79 Å². The Morgan fingerprint density at radius 1 is 1.45 bits per heavy atom. The van der Waals surface area contributed by atoms with Crippen molar-refractivity contribution in [2.45, 2.75) is 16.6 Å². The summed E-state index contributed by atoms with van der Waals surface area (Å²) in [6.45, 7) is 3.97. The van der Waals surface area contributed by atoms with Crippen LogP contribution in [0.4, 0.5) is 0 Å². The van der Waals surface area contributed by atoms with Gasteiger partial charge >= 0.3 is 0 Å². The van der Waals surface area contributed by atoms with Crippen LogP contribution in [0.3, 0.4) is 0 Å². The third kappa shape index (κ3) is 3.86. The Kier molecular flexibility index (Phi) is 4.88. The van der Waals surface area contributed by atoms with E-state index in [4.69, 9.17) is 0 Å². The van der Waals surface area contributed by atoms with E-state index in [0.717, 1.165) is 4.90 Å². The highest BCUT2D eigenvalue weighted by atomic mass is 32.2. The molecular formula is C14H17NO3S2. The first-order valence-corrected chi connectivity index (χ1v) is 9.07. The highest BCUT2D eigenvalue weighted by Gasteiger charge is 2.29. The molecule has 1 aliphatic heterocycles. The molecule has 0 radical (unpaired) electrons. The first-order chi connectivity index (χ1) is 9.52. The zero-order valence-corrected chi connectivity index (χ0v) is 12.7. The van der Waals surface area contributed by atoms with Crippen LogP contribution in [-0.4, -0.2) is 37.6 Å². The average Bonchev–Trinajstić information content (AvgIpc) is 2.76. The van der Waals surface area contributed by atoms with E-state index in [1.165, 1.54) is 11.8 Å². The van der Waals surface area contributed by atoms with E-state index < -0.39 is 9.84 Å². The number of benzene rings is 1. The molecular weight excluding hydrogens is 294 g/mol. The smallest absolute Gasteiger partial charge is 0.252 e. The monoisotopic (exact) mass is 311 g/mol. The lowest BCUT2D eigenvalue weighted by molar-refractivity contribution is 0.0955. The third-order valence-corrected chi connectivity index (χ3v) is 6.35. The van der Waals surface area contributed by atoms with Crippen molar-refractivity contribution in [2.75, 3.05) is 18.1 Å². The normalized spacial score (nSPS) is 20.5. The van der Waals surface area contributed by atoms with Crippen molar-refractivity contribution in [3.05, 3.63) is 42.5 Å². The fraction of sp³-hybridized carbons (Fsp3) is 0.357. The van der Waals surface area contributed by atoms with E-state index in [1.54, 1.807) is 18.2 Å².